The van der Waals surface area contributed by atoms with Crippen molar-refractivity contribution < 1.29 is 14.0 Å². The summed E-state index contributed by atoms with van der Waals surface area (Å²) >= 11 is 0. The molecule has 0 radical (unpaired) electrons. The van der Waals surface area contributed by atoms with E-state index in [0.29, 0.717) is 5.92 Å². The molecule has 142 valence electrons. The van der Waals surface area contributed by atoms with E-state index in [0.717, 1.165) is 39.0 Å². The summed E-state index contributed by atoms with van der Waals surface area (Å²) in [5.41, 5.74) is 2.39. The second kappa shape index (κ2) is 8.19. The van der Waals surface area contributed by atoms with Crippen molar-refractivity contribution in [1.29, 1.82) is 0 Å². The number of hydrazine groups is 1. The van der Waals surface area contributed by atoms with Crippen molar-refractivity contribution >= 4 is 14.4 Å². The first-order valence-electron chi connectivity index (χ1n) is 9.19. The summed E-state index contributed by atoms with van der Waals surface area (Å²) in [4.78, 5) is 11.8. The number of amides is 1. The zero-order valence-electron chi connectivity index (χ0n) is 17.0. The molecule has 1 fully saturated rings. The van der Waals surface area contributed by atoms with Crippen LogP contribution in [0.4, 0.5) is 4.79 Å². The first-order valence-corrected chi connectivity index (χ1v) is 12.1. The maximum atomic E-state index is 11.8. The first-order chi connectivity index (χ1) is 10.8. The minimum absolute atomic E-state index is 0.272. The Morgan fingerprint density at radius 1 is 1.12 bits per heavy atom. The zero-order chi connectivity index (χ0) is 18.6. The molecule has 0 unspecified atom stereocenters. The van der Waals surface area contributed by atoms with Crippen LogP contribution in [-0.2, 0) is 9.16 Å². The molecule has 0 aromatic carbocycles. The lowest BCUT2D eigenvalue weighted by Crippen LogP contribution is -2.48. The largest absolute Gasteiger partial charge is 0.443 e. The average Bonchev–Trinajstić information content (AvgIpc) is 2.37. The minimum atomic E-state index is -1.63. The quantitative estimate of drug-likeness (QED) is 0.733. The van der Waals surface area contributed by atoms with Crippen LogP contribution in [0.15, 0.2) is 0 Å². The van der Waals surface area contributed by atoms with E-state index in [9.17, 15) is 4.79 Å². The predicted octanol–water partition coefficient (Wildman–Crippen LogP) is 4.55. The molecule has 1 aliphatic heterocycles. The lowest BCUT2D eigenvalue weighted by Gasteiger charge is -2.37. The van der Waals surface area contributed by atoms with Crippen molar-refractivity contribution in [3.8, 4) is 0 Å². The van der Waals surface area contributed by atoms with E-state index in [2.05, 4.69) is 39.3 Å². The van der Waals surface area contributed by atoms with Crippen molar-refractivity contribution in [2.45, 2.75) is 84.5 Å². The lowest BCUT2D eigenvalue weighted by molar-refractivity contribution is 0.0255. The highest BCUT2D eigenvalue weighted by Crippen LogP contribution is 2.36. The number of nitrogens with zero attached hydrogens (tertiary/aromatic N) is 1. The molecule has 0 atom stereocenters. The Labute approximate surface area is 149 Å². The molecule has 24 heavy (non-hydrogen) atoms. The Morgan fingerprint density at radius 3 is 2.12 bits per heavy atom. The Balaban J connectivity index is 2.26. The fourth-order valence-electron chi connectivity index (χ4n) is 2.46. The van der Waals surface area contributed by atoms with Gasteiger partial charge in [0.05, 0.1) is 0 Å². The second-order valence-electron chi connectivity index (χ2n) is 9.44. The summed E-state index contributed by atoms with van der Waals surface area (Å²) in [6.07, 6.45) is 2.95. The molecule has 0 aromatic heterocycles. The zero-order valence-corrected chi connectivity index (χ0v) is 18.0. The Hall–Kier alpha value is -0.593. The van der Waals surface area contributed by atoms with E-state index in [1.54, 1.807) is 0 Å². The molecular weight excluding hydrogens is 320 g/mol. The molecule has 1 saturated heterocycles. The molecule has 1 amide bonds. The summed E-state index contributed by atoms with van der Waals surface area (Å²) in [6.45, 7) is 19.7. The molecule has 0 bridgehead atoms. The predicted molar refractivity (Wildman–Crippen MR) is 101 cm³/mol. The highest BCUT2D eigenvalue weighted by Gasteiger charge is 2.37. The second-order valence-corrected chi connectivity index (χ2v) is 14.3. The highest BCUT2D eigenvalue weighted by molar-refractivity contribution is 6.74. The fourth-order valence-corrected chi connectivity index (χ4v) is 3.52. The van der Waals surface area contributed by atoms with Crippen molar-refractivity contribution in [2.75, 3.05) is 19.7 Å². The van der Waals surface area contributed by atoms with Gasteiger partial charge in [0, 0.05) is 19.7 Å². The van der Waals surface area contributed by atoms with Crippen LogP contribution in [0, 0.1) is 5.92 Å². The van der Waals surface area contributed by atoms with Gasteiger partial charge in [-0.15, -0.1) is 0 Å². The van der Waals surface area contributed by atoms with Gasteiger partial charge in [-0.05, 0) is 64.1 Å². The number of hydrogen-bond donors (Lipinski definition) is 1. The maximum Gasteiger partial charge on any atom is 0.422 e. The Bertz CT molecular complexity index is 405. The third kappa shape index (κ3) is 7.53. The van der Waals surface area contributed by atoms with Gasteiger partial charge < -0.3 is 9.16 Å². The van der Waals surface area contributed by atoms with Crippen molar-refractivity contribution in [1.82, 2.24) is 10.4 Å². The van der Waals surface area contributed by atoms with E-state index in [4.69, 9.17) is 9.16 Å². The highest BCUT2D eigenvalue weighted by atomic mass is 28.4. The van der Waals surface area contributed by atoms with Crippen molar-refractivity contribution in [3.63, 3.8) is 0 Å². The molecule has 0 aliphatic carbocycles. The molecule has 5 nitrogen and oxygen atoms in total. The van der Waals surface area contributed by atoms with Crippen LogP contribution in [0.25, 0.3) is 0 Å². The molecule has 1 N–H and O–H groups in total. The number of nitrogens with one attached hydrogen (secondary N) is 1. The molecule has 6 heteroatoms. The monoisotopic (exact) mass is 358 g/mol. The lowest BCUT2D eigenvalue weighted by atomic mass is 9.95. The van der Waals surface area contributed by atoms with Gasteiger partial charge in [0.1, 0.15) is 5.60 Å². The van der Waals surface area contributed by atoms with Gasteiger partial charge in [0.2, 0.25) is 0 Å². The van der Waals surface area contributed by atoms with Gasteiger partial charge in [0.25, 0.3) is 0 Å². The van der Waals surface area contributed by atoms with E-state index in [1.807, 2.05) is 25.8 Å². The van der Waals surface area contributed by atoms with Crippen LogP contribution in [0.5, 0.6) is 0 Å². The minimum Gasteiger partial charge on any atom is -0.443 e. The van der Waals surface area contributed by atoms with Crippen LogP contribution in [0.1, 0.15) is 60.8 Å². The SMILES string of the molecule is CC(C)(C)OC(=O)NN1CCC(CCO[Si](C)(C)C(C)(C)C)CC1. The normalized spacial score (nSPS) is 18.5. The van der Waals surface area contributed by atoms with Crippen LogP contribution in [0.3, 0.4) is 0 Å². The number of ether oxygens (including phenoxy) is 1. The molecule has 1 aliphatic rings. The smallest absolute Gasteiger partial charge is 0.422 e. The van der Waals surface area contributed by atoms with E-state index in [1.165, 1.54) is 0 Å². The standard InChI is InChI=1S/C18H38N2O3Si/c1-17(2,3)23-16(21)19-20-12-9-15(10-13-20)11-14-22-24(7,8)18(4,5)6/h15H,9-14H2,1-8H3,(H,19,21). The van der Waals surface area contributed by atoms with E-state index >= 15 is 0 Å². The summed E-state index contributed by atoms with van der Waals surface area (Å²) in [6, 6.07) is 0. The van der Waals surface area contributed by atoms with Crippen LogP contribution in [-0.4, -0.2) is 44.7 Å². The topological polar surface area (TPSA) is 50.8 Å². The maximum absolute atomic E-state index is 11.8. The van der Waals surface area contributed by atoms with Gasteiger partial charge in [-0.2, -0.15) is 0 Å². The van der Waals surface area contributed by atoms with Crippen molar-refractivity contribution in [3.05, 3.63) is 0 Å². The molecule has 1 rings (SSSR count). The van der Waals surface area contributed by atoms with E-state index < -0.39 is 13.9 Å². The molecule has 0 spiro atoms. The number of hydrogen-bond acceptors (Lipinski definition) is 4. The first kappa shape index (κ1) is 21.4. The summed E-state index contributed by atoms with van der Waals surface area (Å²) in [7, 11) is -1.63. The van der Waals surface area contributed by atoms with Crippen LogP contribution >= 0.6 is 0 Å². The number of piperidine rings is 1. The number of rotatable bonds is 5. The molecule has 1 heterocycles. The van der Waals surface area contributed by atoms with Crippen LogP contribution < -0.4 is 5.43 Å². The Morgan fingerprint density at radius 2 is 1.67 bits per heavy atom. The molecular formula is C18H38N2O3Si. The average molecular weight is 359 g/mol. The summed E-state index contributed by atoms with van der Waals surface area (Å²) < 4.78 is 11.6. The van der Waals surface area contributed by atoms with Gasteiger partial charge in [0.15, 0.2) is 8.32 Å². The number of carbonyl (C=O) groups is 1. The third-order valence-corrected chi connectivity index (χ3v) is 9.60. The third-order valence-electron chi connectivity index (χ3n) is 5.06. The van der Waals surface area contributed by atoms with E-state index in [-0.39, 0.29) is 11.1 Å². The number of carbonyl (C=O) groups excluding carboxylic acids is 1. The summed E-state index contributed by atoms with van der Waals surface area (Å²) in [5, 5.41) is 2.24. The fraction of sp³-hybridized carbons (Fsp3) is 0.944. The Kier molecular flexibility index (Phi) is 7.32. The van der Waals surface area contributed by atoms with Gasteiger partial charge in [-0.1, -0.05) is 20.8 Å². The summed E-state index contributed by atoms with van der Waals surface area (Å²) in [5.74, 6) is 0.687. The molecule has 0 aromatic rings. The molecule has 0 saturated carbocycles. The van der Waals surface area contributed by atoms with Crippen molar-refractivity contribution in [2.24, 2.45) is 5.92 Å². The van der Waals surface area contributed by atoms with Gasteiger partial charge in [-0.25, -0.2) is 9.80 Å². The van der Waals surface area contributed by atoms with Gasteiger partial charge in [-0.3, -0.25) is 5.43 Å². The van der Waals surface area contributed by atoms with Crippen LogP contribution in [0.2, 0.25) is 18.1 Å². The van der Waals surface area contributed by atoms with Gasteiger partial charge >= 0.3 is 6.09 Å².